The van der Waals surface area contributed by atoms with Crippen LogP contribution in [0.15, 0.2) is 74.9 Å². The van der Waals surface area contributed by atoms with Gasteiger partial charge >= 0.3 is 0 Å². The molecule has 0 saturated carbocycles. The molecule has 0 aliphatic heterocycles. The van der Waals surface area contributed by atoms with E-state index in [1.807, 2.05) is 24.3 Å². The molecule has 0 aliphatic rings. The zero-order chi connectivity index (χ0) is 23.0. The van der Waals surface area contributed by atoms with Crippen molar-refractivity contribution in [1.29, 1.82) is 0 Å². The molecular weight excluding hydrogens is 376 g/mol. The van der Waals surface area contributed by atoms with Crippen molar-refractivity contribution in [3.63, 3.8) is 0 Å². The Morgan fingerprint density at radius 2 is 0.806 bits per heavy atom. The SMILES string of the molecule is C=CCN(CC=C)c1cc(C)c([CH]c2c(C)cc(N(CC=C)CC=C)cc2C)c(C)c1. The third-order valence-corrected chi connectivity index (χ3v) is 5.57. The van der Waals surface area contributed by atoms with Crippen LogP contribution in [0.4, 0.5) is 11.4 Å². The lowest BCUT2D eigenvalue weighted by Gasteiger charge is -2.25. The minimum atomic E-state index is 0.805. The molecule has 2 rings (SSSR count). The van der Waals surface area contributed by atoms with Crippen LogP contribution in [0.3, 0.4) is 0 Å². The fourth-order valence-electron chi connectivity index (χ4n) is 4.06. The van der Waals surface area contributed by atoms with Crippen LogP contribution in [-0.4, -0.2) is 26.2 Å². The smallest absolute Gasteiger partial charge is 0.0377 e. The van der Waals surface area contributed by atoms with Crippen molar-refractivity contribution in [3.05, 3.63) is 115 Å². The lowest BCUT2D eigenvalue weighted by Crippen LogP contribution is -2.23. The van der Waals surface area contributed by atoms with Crippen molar-refractivity contribution in [2.75, 3.05) is 36.0 Å². The van der Waals surface area contributed by atoms with Crippen molar-refractivity contribution < 1.29 is 0 Å². The van der Waals surface area contributed by atoms with Crippen LogP contribution in [0, 0.1) is 34.1 Å². The number of nitrogens with zero attached hydrogens (tertiary/aromatic N) is 2. The number of anilines is 2. The van der Waals surface area contributed by atoms with Gasteiger partial charge in [0.15, 0.2) is 0 Å². The fourth-order valence-corrected chi connectivity index (χ4v) is 4.06. The molecule has 0 saturated heterocycles. The summed E-state index contributed by atoms with van der Waals surface area (Å²) < 4.78 is 0. The van der Waals surface area contributed by atoms with Crippen molar-refractivity contribution >= 4 is 11.4 Å². The molecule has 0 heterocycles. The largest absolute Gasteiger partial charge is 0.364 e. The zero-order valence-electron chi connectivity index (χ0n) is 19.7. The van der Waals surface area contributed by atoms with E-state index in [4.69, 9.17) is 0 Å². The molecule has 2 aromatic carbocycles. The van der Waals surface area contributed by atoms with Gasteiger partial charge in [0.05, 0.1) is 0 Å². The maximum absolute atomic E-state index is 3.89. The Morgan fingerprint density at radius 1 is 0.548 bits per heavy atom. The van der Waals surface area contributed by atoms with Gasteiger partial charge in [0.25, 0.3) is 0 Å². The summed E-state index contributed by atoms with van der Waals surface area (Å²) in [6, 6.07) is 9.06. The van der Waals surface area contributed by atoms with E-state index in [1.54, 1.807) is 0 Å². The van der Waals surface area contributed by atoms with E-state index >= 15 is 0 Å². The molecule has 0 unspecified atom stereocenters. The Balaban J connectivity index is 2.39. The van der Waals surface area contributed by atoms with Crippen molar-refractivity contribution in [2.24, 2.45) is 0 Å². The predicted octanol–water partition coefficient (Wildman–Crippen LogP) is 6.88. The number of rotatable bonds is 12. The average molecular weight is 414 g/mol. The molecule has 2 heteroatoms. The van der Waals surface area contributed by atoms with Gasteiger partial charge in [0, 0.05) is 44.0 Å². The van der Waals surface area contributed by atoms with Crippen LogP contribution in [0.2, 0.25) is 0 Å². The van der Waals surface area contributed by atoms with Crippen LogP contribution >= 0.6 is 0 Å². The summed E-state index contributed by atoms with van der Waals surface area (Å²) in [5, 5.41) is 0. The third kappa shape index (κ3) is 6.01. The Morgan fingerprint density at radius 3 is 1.03 bits per heavy atom. The third-order valence-electron chi connectivity index (χ3n) is 5.57. The van der Waals surface area contributed by atoms with E-state index in [0.29, 0.717) is 0 Å². The van der Waals surface area contributed by atoms with E-state index < -0.39 is 0 Å². The Bertz CT molecular complexity index is 808. The monoisotopic (exact) mass is 413 g/mol. The summed E-state index contributed by atoms with van der Waals surface area (Å²) in [6.45, 7) is 27.6. The first-order chi connectivity index (χ1) is 14.9. The van der Waals surface area contributed by atoms with E-state index in [9.17, 15) is 0 Å². The normalized spacial score (nSPS) is 10.5. The van der Waals surface area contributed by atoms with E-state index in [2.05, 4.69) is 94.5 Å². The van der Waals surface area contributed by atoms with Crippen molar-refractivity contribution in [3.8, 4) is 0 Å². The Labute approximate surface area is 189 Å². The van der Waals surface area contributed by atoms with Crippen LogP contribution in [0.1, 0.15) is 33.4 Å². The van der Waals surface area contributed by atoms with Gasteiger partial charge in [0.1, 0.15) is 0 Å². The molecule has 0 fully saturated rings. The standard InChI is InChI=1S/C29H37N2/c1-9-13-30(14-10-2)26-17-22(5)28(23(6)18-26)21-29-24(7)19-27(20-25(29)8)31(15-11-3)16-12-4/h9-12,17-21H,1-4,13-16H2,5-8H3. The molecule has 1 radical (unpaired) electrons. The molecule has 0 N–H and O–H groups in total. The van der Waals surface area contributed by atoms with Crippen molar-refractivity contribution in [2.45, 2.75) is 27.7 Å². The lowest BCUT2D eigenvalue weighted by molar-refractivity contribution is 0.951. The second kappa shape index (κ2) is 11.4. The number of aryl methyl sites for hydroxylation is 4. The molecule has 2 nitrogen and oxygen atoms in total. The van der Waals surface area contributed by atoms with E-state index in [-0.39, 0.29) is 0 Å². The second-order valence-corrected chi connectivity index (χ2v) is 8.10. The first-order valence-electron chi connectivity index (χ1n) is 10.9. The van der Waals surface area contributed by atoms with Crippen LogP contribution in [0.25, 0.3) is 0 Å². The average Bonchev–Trinajstić information content (AvgIpc) is 2.71. The lowest BCUT2D eigenvalue weighted by atomic mass is 9.90. The molecule has 2 aromatic rings. The summed E-state index contributed by atoms with van der Waals surface area (Å²) in [7, 11) is 0. The summed E-state index contributed by atoms with van der Waals surface area (Å²) in [5.41, 5.74) is 10.1. The van der Waals surface area contributed by atoms with Gasteiger partial charge in [0.2, 0.25) is 0 Å². The molecular formula is C29H37N2. The molecule has 0 aromatic heterocycles. The minimum Gasteiger partial charge on any atom is -0.364 e. The van der Waals surface area contributed by atoms with Crippen LogP contribution in [-0.2, 0) is 0 Å². The molecule has 0 bridgehead atoms. The fraction of sp³-hybridized carbons (Fsp3) is 0.276. The highest BCUT2D eigenvalue weighted by Gasteiger charge is 2.14. The molecule has 163 valence electrons. The zero-order valence-corrected chi connectivity index (χ0v) is 19.7. The van der Waals surface area contributed by atoms with E-state index in [1.165, 1.54) is 44.8 Å². The topological polar surface area (TPSA) is 6.48 Å². The maximum atomic E-state index is 3.89. The van der Waals surface area contributed by atoms with Gasteiger partial charge < -0.3 is 9.80 Å². The highest BCUT2D eigenvalue weighted by Crippen LogP contribution is 2.31. The van der Waals surface area contributed by atoms with E-state index in [0.717, 1.165) is 26.2 Å². The molecule has 0 atom stereocenters. The first-order valence-corrected chi connectivity index (χ1v) is 10.9. The Hall–Kier alpha value is -3.00. The second-order valence-electron chi connectivity index (χ2n) is 8.10. The number of hydrogen-bond acceptors (Lipinski definition) is 2. The van der Waals surface area contributed by atoms with Gasteiger partial charge in [-0.3, -0.25) is 0 Å². The van der Waals surface area contributed by atoms with Gasteiger partial charge in [-0.05, 0) is 85.3 Å². The minimum absolute atomic E-state index is 0.805. The number of benzene rings is 2. The van der Waals surface area contributed by atoms with Gasteiger partial charge in [-0.2, -0.15) is 0 Å². The molecule has 31 heavy (non-hydrogen) atoms. The maximum Gasteiger partial charge on any atom is 0.0377 e. The summed E-state index contributed by atoms with van der Waals surface area (Å²) in [6.07, 6.45) is 10.1. The van der Waals surface area contributed by atoms with Gasteiger partial charge in [-0.15, -0.1) is 26.3 Å². The summed E-state index contributed by atoms with van der Waals surface area (Å²) in [4.78, 5) is 4.56. The van der Waals surface area contributed by atoms with Gasteiger partial charge in [-0.1, -0.05) is 24.3 Å². The predicted molar refractivity (Wildman–Crippen MR) is 140 cm³/mol. The summed E-state index contributed by atoms with van der Waals surface area (Å²) in [5.74, 6) is 0. The number of hydrogen-bond donors (Lipinski definition) is 0. The highest BCUT2D eigenvalue weighted by molar-refractivity contribution is 5.62. The highest BCUT2D eigenvalue weighted by atomic mass is 15.1. The van der Waals surface area contributed by atoms with Gasteiger partial charge in [-0.25, -0.2) is 0 Å². The molecule has 0 aliphatic carbocycles. The quantitative estimate of drug-likeness (QED) is 0.350. The Kier molecular flexibility index (Phi) is 8.93. The molecule has 0 amide bonds. The van der Waals surface area contributed by atoms with Crippen molar-refractivity contribution in [1.82, 2.24) is 0 Å². The first kappa shape index (κ1) is 24.3. The summed E-state index contributed by atoms with van der Waals surface area (Å²) >= 11 is 0. The molecule has 0 spiro atoms. The van der Waals surface area contributed by atoms with Crippen LogP contribution < -0.4 is 9.80 Å². The van der Waals surface area contributed by atoms with Crippen LogP contribution in [0.5, 0.6) is 0 Å².